The molecule has 9 atom stereocenters. The van der Waals surface area contributed by atoms with E-state index in [1.54, 1.807) is 20.8 Å². The molecule has 0 spiro atoms. The van der Waals surface area contributed by atoms with Gasteiger partial charge in [-0.3, -0.25) is 9.59 Å². The number of aliphatic hydroxyl groups is 2. The summed E-state index contributed by atoms with van der Waals surface area (Å²) in [6, 6.07) is 19.8. The molecule has 66 heavy (non-hydrogen) atoms. The van der Waals surface area contributed by atoms with Crippen molar-refractivity contribution in [2.24, 2.45) is 11.8 Å². The first kappa shape index (κ1) is 54.0. The molecular formula is C52H74O14. The molecule has 2 saturated heterocycles. The monoisotopic (exact) mass is 923 g/mol. The van der Waals surface area contributed by atoms with Gasteiger partial charge in [-0.05, 0) is 130 Å². The lowest BCUT2D eigenvalue weighted by atomic mass is 9.74. The van der Waals surface area contributed by atoms with Crippen molar-refractivity contribution in [3.63, 3.8) is 0 Å². The summed E-state index contributed by atoms with van der Waals surface area (Å²) >= 11 is 0. The lowest BCUT2D eigenvalue weighted by molar-refractivity contribution is -0.378. The van der Waals surface area contributed by atoms with Crippen molar-refractivity contribution in [1.29, 1.82) is 0 Å². The number of aryl methyl sites for hydroxylation is 1. The van der Waals surface area contributed by atoms with Gasteiger partial charge in [0.15, 0.2) is 6.10 Å². The third kappa shape index (κ3) is 14.0. The van der Waals surface area contributed by atoms with Gasteiger partial charge in [-0.25, -0.2) is 14.4 Å². The van der Waals surface area contributed by atoms with Gasteiger partial charge in [0.25, 0.3) is 5.60 Å². The summed E-state index contributed by atoms with van der Waals surface area (Å²) in [4.78, 5) is 70.4. The van der Waals surface area contributed by atoms with Gasteiger partial charge in [-0.2, -0.15) is 0 Å². The molecule has 0 aromatic heterocycles. The second kappa shape index (κ2) is 22.0. The number of hydrogen-bond acceptors (Lipinski definition) is 14. The maximum Gasteiger partial charge on any atom is 0.347 e. The third-order valence-electron chi connectivity index (χ3n) is 11.3. The van der Waals surface area contributed by atoms with Crippen molar-refractivity contribution in [2.75, 3.05) is 0 Å². The summed E-state index contributed by atoms with van der Waals surface area (Å²) in [6.45, 7) is 19.1. The first-order valence-electron chi connectivity index (χ1n) is 23.2. The Bertz CT molecular complexity index is 1980. The molecule has 0 saturated carbocycles. The van der Waals surface area contributed by atoms with Gasteiger partial charge in [0.2, 0.25) is 17.5 Å². The van der Waals surface area contributed by atoms with Crippen LogP contribution in [-0.2, 0) is 70.0 Å². The van der Waals surface area contributed by atoms with Crippen molar-refractivity contribution >= 4 is 29.8 Å². The van der Waals surface area contributed by atoms with Crippen LogP contribution in [0.25, 0.3) is 0 Å². The standard InChI is InChI=1S/C52H74O14/c1-34(24-21-29-37-25-15-13-16-26-37)23-19-20-31-40(54)61-42-41(55)50(32-22-30-39(60-36(3)53)35(2)33-38-27-17-14-18-28-38)62-43(44(56)63-47(4,5)6)51(59,45(57)64-48(7,8)9)52(42,66-50)46(58)65-49(10,11)12/h13-19,23,25-28,34-35,39,41-43,55,59H,20-22,24,29-33H2,1-12H3/b23-19+/t34-,35+,39+,41+,42+,43+,50-,51+,52-/m0/s1. The molecule has 2 fully saturated rings. The molecule has 4 rings (SSSR count). The van der Waals surface area contributed by atoms with Crippen LogP contribution in [0.15, 0.2) is 72.8 Å². The molecule has 0 radical (unpaired) electrons. The third-order valence-corrected chi connectivity index (χ3v) is 11.3. The lowest BCUT2D eigenvalue weighted by Crippen LogP contribution is -2.79. The van der Waals surface area contributed by atoms with Gasteiger partial charge >= 0.3 is 29.8 Å². The van der Waals surface area contributed by atoms with E-state index >= 15 is 0 Å². The van der Waals surface area contributed by atoms with E-state index in [4.69, 9.17) is 33.2 Å². The number of hydrogen-bond donors (Lipinski definition) is 2. The van der Waals surface area contributed by atoms with Crippen molar-refractivity contribution in [1.82, 2.24) is 0 Å². The predicted molar refractivity (Wildman–Crippen MR) is 245 cm³/mol. The summed E-state index contributed by atoms with van der Waals surface area (Å²) in [5.74, 6) is -8.13. The zero-order chi connectivity index (χ0) is 49.3. The number of rotatable bonds is 20. The van der Waals surface area contributed by atoms with Crippen LogP contribution in [0.3, 0.4) is 0 Å². The largest absolute Gasteiger partial charge is 0.462 e. The molecule has 0 amide bonds. The Labute approximate surface area is 391 Å². The van der Waals surface area contributed by atoms with Crippen LogP contribution in [0.2, 0.25) is 0 Å². The molecule has 0 unspecified atom stereocenters. The molecule has 2 aromatic rings. The summed E-state index contributed by atoms with van der Waals surface area (Å²) in [5, 5.41) is 25.6. The zero-order valence-corrected chi connectivity index (χ0v) is 41.0. The Balaban J connectivity index is 1.76. The fourth-order valence-electron chi connectivity index (χ4n) is 8.41. The van der Waals surface area contributed by atoms with Gasteiger partial charge in [0.1, 0.15) is 29.0 Å². The molecule has 2 bridgehead atoms. The van der Waals surface area contributed by atoms with Crippen LogP contribution in [0, 0.1) is 11.8 Å². The fraction of sp³-hybridized carbons (Fsp3) is 0.635. The highest BCUT2D eigenvalue weighted by atomic mass is 16.8. The molecule has 0 aliphatic carbocycles. The number of carbonyl (C=O) groups excluding carboxylic acids is 5. The normalized spacial score (nSPS) is 25.6. The Hall–Kier alpha value is -4.63. The highest BCUT2D eigenvalue weighted by Gasteiger charge is 2.86. The van der Waals surface area contributed by atoms with Crippen molar-refractivity contribution in [3.05, 3.63) is 83.9 Å². The number of aliphatic hydroxyl groups excluding tert-OH is 1. The highest BCUT2D eigenvalue weighted by molar-refractivity contribution is 6.00. The molecule has 2 aliphatic rings. The average molecular weight is 923 g/mol. The Morgan fingerprint density at radius 3 is 1.89 bits per heavy atom. The summed E-state index contributed by atoms with van der Waals surface area (Å²) in [7, 11) is 0. The molecule has 2 aromatic carbocycles. The quantitative estimate of drug-likeness (QED) is 0.0742. The van der Waals surface area contributed by atoms with Crippen molar-refractivity contribution in [3.8, 4) is 0 Å². The molecular weight excluding hydrogens is 849 g/mol. The topological polar surface area (TPSA) is 190 Å². The number of benzene rings is 2. The van der Waals surface area contributed by atoms with Gasteiger partial charge in [0.05, 0.1) is 0 Å². The first-order chi connectivity index (χ1) is 30.6. The molecule has 2 N–H and O–H groups in total. The second-order valence-electron chi connectivity index (χ2n) is 20.8. The number of esters is 5. The molecule has 2 aliphatic heterocycles. The van der Waals surface area contributed by atoms with Crippen molar-refractivity contribution < 1.29 is 67.3 Å². The van der Waals surface area contributed by atoms with E-state index < -0.39 is 88.1 Å². The van der Waals surface area contributed by atoms with E-state index in [0.717, 1.165) is 24.8 Å². The van der Waals surface area contributed by atoms with Crippen LogP contribution in [0.5, 0.6) is 0 Å². The van der Waals surface area contributed by atoms with Crippen molar-refractivity contribution in [2.45, 2.75) is 199 Å². The van der Waals surface area contributed by atoms with E-state index in [9.17, 15) is 34.2 Å². The zero-order valence-electron chi connectivity index (χ0n) is 41.0. The Kier molecular flexibility index (Phi) is 18.0. The van der Waals surface area contributed by atoms with E-state index in [0.29, 0.717) is 6.42 Å². The molecule has 14 nitrogen and oxygen atoms in total. The van der Waals surface area contributed by atoms with Gasteiger partial charge in [-0.15, -0.1) is 0 Å². The minimum Gasteiger partial charge on any atom is -0.462 e. The van der Waals surface area contributed by atoms with Gasteiger partial charge in [-0.1, -0.05) is 86.7 Å². The SMILES string of the molecule is CC(=O)O[C@H](CCC[C@]12O[C@H](C(=O)OC(C)(C)C)[C@@](O)(C(=O)OC(C)(C)C)[C@](C(=O)OC(C)(C)C)(O1)[C@H](OC(=O)CC/C=C/[C@H](C)CCCc1ccccc1)[C@H]2O)[C@H](C)Cc1ccccc1. The minimum atomic E-state index is -3.49. The van der Waals surface area contributed by atoms with E-state index in [1.165, 1.54) is 54.0 Å². The predicted octanol–water partition coefficient (Wildman–Crippen LogP) is 7.86. The average Bonchev–Trinajstić information content (AvgIpc) is 3.41. The van der Waals surface area contributed by atoms with Crippen LogP contribution in [0.1, 0.15) is 139 Å². The Morgan fingerprint density at radius 2 is 1.33 bits per heavy atom. The molecule has 366 valence electrons. The van der Waals surface area contributed by atoms with Gasteiger partial charge < -0.3 is 43.4 Å². The molecule has 2 heterocycles. The summed E-state index contributed by atoms with van der Waals surface area (Å²) in [5.41, 5.74) is -8.25. The highest BCUT2D eigenvalue weighted by Crippen LogP contribution is 2.57. The number of allylic oxidation sites excluding steroid dienone is 2. The maximum absolute atomic E-state index is 15.0. The van der Waals surface area contributed by atoms with Crippen LogP contribution in [-0.4, -0.2) is 98.3 Å². The van der Waals surface area contributed by atoms with E-state index in [2.05, 4.69) is 19.1 Å². The summed E-state index contributed by atoms with van der Waals surface area (Å²) < 4.78 is 41.9. The number of ether oxygens (including phenoxy) is 7. The number of carbonyl (C=O) groups is 5. The van der Waals surface area contributed by atoms with E-state index in [1.807, 2.05) is 67.6 Å². The minimum absolute atomic E-state index is 0.0689. The maximum atomic E-state index is 15.0. The number of fused-ring (bicyclic) bond motifs is 2. The molecule has 14 heteroatoms. The second-order valence-corrected chi connectivity index (χ2v) is 20.8. The van der Waals surface area contributed by atoms with Crippen LogP contribution >= 0.6 is 0 Å². The van der Waals surface area contributed by atoms with Crippen LogP contribution < -0.4 is 0 Å². The van der Waals surface area contributed by atoms with E-state index in [-0.39, 0.29) is 43.9 Å². The van der Waals surface area contributed by atoms with Crippen LogP contribution in [0.4, 0.5) is 0 Å². The fourth-order valence-corrected chi connectivity index (χ4v) is 8.41. The summed E-state index contributed by atoms with van der Waals surface area (Å²) in [6.07, 6.45) is -0.247. The smallest absolute Gasteiger partial charge is 0.347 e. The first-order valence-corrected chi connectivity index (χ1v) is 23.2. The van der Waals surface area contributed by atoms with Gasteiger partial charge in [0, 0.05) is 19.8 Å². The lowest BCUT2D eigenvalue weighted by Gasteiger charge is -2.51. The Morgan fingerprint density at radius 1 is 0.773 bits per heavy atom.